The van der Waals surface area contributed by atoms with Crippen LogP contribution in [0.25, 0.3) is 16.2 Å². The van der Waals surface area contributed by atoms with Crippen LogP contribution in [0.3, 0.4) is 0 Å². The van der Waals surface area contributed by atoms with E-state index in [9.17, 15) is 4.79 Å². The molecule has 32 heavy (non-hydrogen) atoms. The highest BCUT2D eigenvalue weighted by atomic mass is 35.5. The first kappa shape index (κ1) is 22.2. The number of hydrogen-bond donors (Lipinski definition) is 1. The van der Waals surface area contributed by atoms with Gasteiger partial charge in [-0.3, -0.25) is 4.40 Å². The third-order valence-electron chi connectivity index (χ3n) is 5.23. The van der Waals surface area contributed by atoms with Gasteiger partial charge in [0.05, 0.1) is 6.61 Å². The molecule has 0 aliphatic rings. The summed E-state index contributed by atoms with van der Waals surface area (Å²) in [5, 5.41) is 4.22. The number of hydrogen-bond acceptors (Lipinski definition) is 6. The fourth-order valence-electron chi connectivity index (χ4n) is 3.53. The summed E-state index contributed by atoms with van der Waals surface area (Å²) in [4.78, 5) is 20.7. The van der Waals surface area contributed by atoms with Crippen molar-refractivity contribution in [3.05, 3.63) is 69.7 Å². The maximum absolute atomic E-state index is 12.4. The van der Waals surface area contributed by atoms with Crippen LogP contribution in [0.4, 0.5) is 11.5 Å². The number of fused-ring (bicyclic) bond motifs is 1. The molecule has 6 nitrogen and oxygen atoms in total. The molecule has 0 unspecified atom stereocenters. The van der Waals surface area contributed by atoms with Gasteiger partial charge in [0.25, 0.3) is 0 Å². The van der Waals surface area contributed by atoms with Gasteiger partial charge < -0.3 is 15.0 Å². The summed E-state index contributed by atoms with van der Waals surface area (Å²) in [5.74, 6) is 0.497. The van der Waals surface area contributed by atoms with Crippen LogP contribution in [0.5, 0.6) is 0 Å². The molecule has 0 spiro atoms. The minimum Gasteiger partial charge on any atom is -0.462 e. The lowest BCUT2D eigenvalue weighted by molar-refractivity contribution is 0.0531. The van der Waals surface area contributed by atoms with Gasteiger partial charge in [0.15, 0.2) is 4.96 Å². The molecule has 2 heterocycles. The number of aryl methyl sites for hydroxylation is 1. The van der Waals surface area contributed by atoms with Crippen LogP contribution in [0, 0.1) is 6.92 Å². The summed E-state index contributed by atoms with van der Waals surface area (Å²) in [7, 11) is 4.02. The first-order chi connectivity index (χ1) is 15.4. The Labute approximate surface area is 196 Å². The maximum Gasteiger partial charge on any atom is 0.350 e. The van der Waals surface area contributed by atoms with Crippen LogP contribution in [0.1, 0.15) is 27.9 Å². The highest BCUT2D eigenvalue weighted by Crippen LogP contribution is 2.36. The fourth-order valence-corrected chi connectivity index (χ4v) is 4.76. The van der Waals surface area contributed by atoms with E-state index >= 15 is 0 Å². The molecular weight excluding hydrogens is 444 g/mol. The molecule has 4 rings (SSSR count). The molecule has 166 valence electrons. The molecule has 2 aromatic carbocycles. The van der Waals surface area contributed by atoms with E-state index in [1.165, 1.54) is 11.3 Å². The number of halogens is 1. The first-order valence-corrected chi connectivity index (χ1v) is 11.5. The Morgan fingerprint density at radius 2 is 1.91 bits per heavy atom. The van der Waals surface area contributed by atoms with Crippen LogP contribution in [-0.4, -0.2) is 36.1 Å². The summed E-state index contributed by atoms with van der Waals surface area (Å²) < 4.78 is 7.22. The minimum absolute atomic E-state index is 0.325. The number of thiazole rings is 1. The topological polar surface area (TPSA) is 58.9 Å². The number of ether oxygens (including phenoxy) is 1. The van der Waals surface area contributed by atoms with Gasteiger partial charge in [0, 0.05) is 42.6 Å². The number of anilines is 2. The predicted molar refractivity (Wildman–Crippen MR) is 132 cm³/mol. The third kappa shape index (κ3) is 4.18. The summed E-state index contributed by atoms with van der Waals surface area (Å²) in [5.41, 5.74) is 4.71. The number of carbonyl (C=O) groups is 1. The summed E-state index contributed by atoms with van der Waals surface area (Å²) in [6.45, 7) is 4.58. The molecule has 0 radical (unpaired) electrons. The van der Waals surface area contributed by atoms with Crippen molar-refractivity contribution in [1.82, 2.24) is 9.38 Å². The number of esters is 1. The van der Waals surface area contributed by atoms with Crippen molar-refractivity contribution in [2.45, 2.75) is 20.4 Å². The Kier molecular flexibility index (Phi) is 6.39. The Hall–Kier alpha value is -3.03. The molecule has 0 fully saturated rings. The van der Waals surface area contributed by atoms with Crippen LogP contribution in [0.15, 0.2) is 48.5 Å². The molecule has 0 aliphatic heterocycles. The number of imidazole rings is 1. The molecule has 8 heteroatoms. The predicted octanol–water partition coefficient (Wildman–Crippen LogP) is 5.88. The van der Waals surface area contributed by atoms with Crippen LogP contribution < -0.4 is 10.2 Å². The molecule has 2 aromatic heterocycles. The van der Waals surface area contributed by atoms with Crippen LogP contribution in [-0.2, 0) is 11.3 Å². The van der Waals surface area contributed by atoms with E-state index in [2.05, 4.69) is 34.5 Å². The Morgan fingerprint density at radius 3 is 2.56 bits per heavy atom. The highest BCUT2D eigenvalue weighted by molar-refractivity contribution is 7.19. The van der Waals surface area contributed by atoms with Gasteiger partial charge in [-0.15, -0.1) is 0 Å². The molecular formula is C24H25ClN4O2S. The number of carbonyl (C=O) groups excluding carboxylic acids is 1. The molecule has 4 aromatic rings. The van der Waals surface area contributed by atoms with E-state index in [-0.39, 0.29) is 5.97 Å². The largest absolute Gasteiger partial charge is 0.462 e. The zero-order valence-corrected chi connectivity index (χ0v) is 20.0. The average Bonchev–Trinajstić information content (AvgIpc) is 3.30. The van der Waals surface area contributed by atoms with E-state index < -0.39 is 0 Å². The maximum atomic E-state index is 12.4. The van der Waals surface area contributed by atoms with Crippen LogP contribution >= 0.6 is 22.9 Å². The third-order valence-corrected chi connectivity index (χ3v) is 6.72. The standard InChI is InChI=1S/C24H25ClN4O2S/c1-5-31-23(30)21-15(2)29-22(26-14-17-8-6-7-9-19(17)25)20(27-24(29)32-21)16-10-12-18(13-11-16)28(3)4/h6-13,26H,5,14H2,1-4H3. The second-order valence-electron chi connectivity index (χ2n) is 7.55. The molecule has 0 aliphatic carbocycles. The van der Waals surface area contributed by atoms with E-state index in [4.69, 9.17) is 21.3 Å². The SMILES string of the molecule is CCOC(=O)c1sc2nc(-c3ccc(N(C)C)cc3)c(NCc3ccccc3Cl)n2c1C. The lowest BCUT2D eigenvalue weighted by Crippen LogP contribution is -2.08. The van der Waals surface area contributed by atoms with Crippen molar-refractivity contribution >= 4 is 45.4 Å². The molecule has 0 saturated heterocycles. The number of aromatic nitrogens is 2. The van der Waals surface area contributed by atoms with Gasteiger partial charge in [-0.25, -0.2) is 9.78 Å². The molecule has 0 bridgehead atoms. The number of nitrogens with zero attached hydrogens (tertiary/aromatic N) is 3. The van der Waals surface area contributed by atoms with E-state index in [1.807, 2.05) is 49.7 Å². The second-order valence-corrected chi connectivity index (χ2v) is 8.94. The van der Waals surface area contributed by atoms with Crippen molar-refractivity contribution in [1.29, 1.82) is 0 Å². The highest BCUT2D eigenvalue weighted by Gasteiger charge is 2.23. The molecule has 1 N–H and O–H groups in total. The quantitative estimate of drug-likeness (QED) is 0.343. The van der Waals surface area contributed by atoms with E-state index in [0.29, 0.717) is 23.1 Å². The molecule has 0 atom stereocenters. The van der Waals surface area contributed by atoms with Crippen molar-refractivity contribution in [2.75, 3.05) is 30.9 Å². The summed E-state index contributed by atoms with van der Waals surface area (Å²) >= 11 is 7.71. The van der Waals surface area contributed by atoms with Gasteiger partial charge in [-0.05, 0) is 37.6 Å². The van der Waals surface area contributed by atoms with Crippen molar-refractivity contribution in [2.24, 2.45) is 0 Å². The fraction of sp³-hybridized carbons (Fsp3) is 0.250. The lowest BCUT2D eigenvalue weighted by Gasteiger charge is -2.13. The molecule has 0 saturated carbocycles. The Balaban J connectivity index is 1.80. The average molecular weight is 469 g/mol. The van der Waals surface area contributed by atoms with Gasteiger partial charge in [0.2, 0.25) is 0 Å². The first-order valence-electron chi connectivity index (χ1n) is 10.3. The zero-order valence-electron chi connectivity index (χ0n) is 18.5. The Bertz CT molecular complexity index is 1260. The number of rotatable bonds is 7. The molecule has 0 amide bonds. The number of benzene rings is 2. The summed E-state index contributed by atoms with van der Waals surface area (Å²) in [6.07, 6.45) is 0. The van der Waals surface area contributed by atoms with E-state index in [1.54, 1.807) is 6.92 Å². The van der Waals surface area contributed by atoms with Gasteiger partial charge in [-0.1, -0.05) is 53.3 Å². The normalized spacial score (nSPS) is 11.0. The smallest absolute Gasteiger partial charge is 0.350 e. The second kappa shape index (κ2) is 9.22. The minimum atomic E-state index is -0.325. The lowest BCUT2D eigenvalue weighted by atomic mass is 10.1. The van der Waals surface area contributed by atoms with Crippen LogP contribution in [0.2, 0.25) is 5.02 Å². The van der Waals surface area contributed by atoms with Crippen molar-refractivity contribution < 1.29 is 9.53 Å². The Morgan fingerprint density at radius 1 is 1.19 bits per heavy atom. The number of nitrogens with one attached hydrogen (secondary N) is 1. The monoisotopic (exact) mass is 468 g/mol. The van der Waals surface area contributed by atoms with Crippen molar-refractivity contribution in [3.8, 4) is 11.3 Å². The van der Waals surface area contributed by atoms with Gasteiger partial charge in [-0.2, -0.15) is 0 Å². The van der Waals surface area contributed by atoms with Gasteiger partial charge in [0.1, 0.15) is 16.4 Å². The zero-order chi connectivity index (χ0) is 22.8. The van der Waals surface area contributed by atoms with Crippen molar-refractivity contribution in [3.63, 3.8) is 0 Å². The van der Waals surface area contributed by atoms with E-state index in [0.717, 1.165) is 39.0 Å². The van der Waals surface area contributed by atoms with Gasteiger partial charge >= 0.3 is 5.97 Å². The summed E-state index contributed by atoms with van der Waals surface area (Å²) in [6, 6.07) is 16.0.